The van der Waals surface area contributed by atoms with Gasteiger partial charge < -0.3 is 54.2 Å². The number of rotatable bonds is 13. The van der Waals surface area contributed by atoms with Crippen molar-refractivity contribution >= 4 is 36.2 Å². The second kappa shape index (κ2) is 33.4. The van der Waals surface area contributed by atoms with Crippen LogP contribution in [0.5, 0.6) is 0 Å². The highest BCUT2D eigenvalue weighted by Gasteiger charge is 2.33. The molecule has 3 N–H and O–H groups in total. The van der Waals surface area contributed by atoms with Crippen molar-refractivity contribution in [2.24, 2.45) is 0 Å². The van der Waals surface area contributed by atoms with Crippen molar-refractivity contribution < 1.29 is 52.4 Å². The minimum Gasteiger partial charge on any atom is -0.445 e. The number of carbonyl (C=O) groups excluding carboxylic acids is 5. The topological polar surface area (TPSA) is 196 Å². The van der Waals surface area contributed by atoms with Crippen LogP contribution >= 0.6 is 0 Å². The number of amides is 4. The van der Waals surface area contributed by atoms with E-state index in [1.165, 1.54) is 5.69 Å². The molecule has 4 amide bonds. The van der Waals surface area contributed by atoms with Gasteiger partial charge in [-0.2, -0.15) is 0 Å². The molecule has 0 saturated heterocycles. The first kappa shape index (κ1) is 62.7. The molecular formula is C61H82N6O11. The van der Waals surface area contributed by atoms with Gasteiger partial charge in [-0.05, 0) is 102 Å². The summed E-state index contributed by atoms with van der Waals surface area (Å²) in [6.07, 6.45) is 8.41. The van der Waals surface area contributed by atoms with Gasteiger partial charge in [-0.25, -0.2) is 24.0 Å². The molecule has 1 heterocycles. The molecule has 17 nitrogen and oxygen atoms in total. The van der Waals surface area contributed by atoms with Gasteiger partial charge in [0.25, 0.3) is 0 Å². The first-order valence-corrected chi connectivity index (χ1v) is 26.6. The first-order chi connectivity index (χ1) is 37.2. The van der Waals surface area contributed by atoms with E-state index in [4.69, 9.17) is 28.4 Å². The molecule has 4 aromatic carbocycles. The van der Waals surface area contributed by atoms with Crippen molar-refractivity contribution in [2.45, 2.75) is 155 Å². The predicted molar refractivity (Wildman–Crippen MR) is 301 cm³/mol. The molecule has 2 aliphatic carbocycles. The van der Waals surface area contributed by atoms with Crippen molar-refractivity contribution in [1.29, 1.82) is 0 Å². The fourth-order valence-corrected chi connectivity index (χ4v) is 8.09. The van der Waals surface area contributed by atoms with Gasteiger partial charge in [-0.3, -0.25) is 4.98 Å². The number of hydrogen-bond acceptors (Lipinski definition) is 13. The van der Waals surface area contributed by atoms with Gasteiger partial charge in [0, 0.05) is 39.2 Å². The third kappa shape index (κ3) is 26.3. The number of anilines is 1. The summed E-state index contributed by atoms with van der Waals surface area (Å²) in [5.74, 6) is 0. The molecule has 2 aliphatic rings. The number of aromatic nitrogens is 1. The third-order valence-corrected chi connectivity index (χ3v) is 12.0. The molecule has 17 heteroatoms. The van der Waals surface area contributed by atoms with Crippen molar-refractivity contribution in [1.82, 2.24) is 25.8 Å². The van der Waals surface area contributed by atoms with E-state index in [9.17, 15) is 24.0 Å². The van der Waals surface area contributed by atoms with Crippen LogP contribution < -0.4 is 20.9 Å². The fourth-order valence-electron chi connectivity index (χ4n) is 8.09. The lowest BCUT2D eigenvalue weighted by Crippen LogP contribution is -2.53. The number of pyridine rings is 1. The van der Waals surface area contributed by atoms with Crippen LogP contribution in [0.3, 0.4) is 0 Å². The molecule has 4 atom stereocenters. The van der Waals surface area contributed by atoms with Crippen LogP contribution in [0.15, 0.2) is 146 Å². The molecule has 0 radical (unpaired) electrons. The SMILES string of the molecule is CC(C)(C)OC(=O)OC(C)(C)C.CN(C(=O)OCc1ccccc1)C1CCCCC1NC(=O)OCc1ccccc1.CN(C)c1ccncc1.O=C(NC1CCCCC1NC(=O)OCc1ccccc1)OCc1ccccc1. The highest BCUT2D eigenvalue weighted by molar-refractivity contribution is 5.70. The normalized spacial score (nSPS) is 16.6. The van der Waals surface area contributed by atoms with Gasteiger partial charge in [0.1, 0.15) is 37.6 Å². The Morgan fingerprint density at radius 2 is 0.782 bits per heavy atom. The van der Waals surface area contributed by atoms with Crippen LogP contribution in [0.1, 0.15) is 115 Å². The number of alkyl carbamates (subject to hydrolysis) is 3. The fraction of sp³-hybridized carbons (Fsp3) is 0.443. The van der Waals surface area contributed by atoms with Gasteiger partial charge in [0.05, 0.1) is 24.2 Å². The summed E-state index contributed by atoms with van der Waals surface area (Å²) in [6.45, 7) is 11.7. The first-order valence-electron chi connectivity index (χ1n) is 26.6. The largest absolute Gasteiger partial charge is 0.509 e. The number of nitrogens with one attached hydrogen (secondary N) is 3. The van der Waals surface area contributed by atoms with E-state index >= 15 is 0 Å². The summed E-state index contributed by atoms with van der Waals surface area (Å²) in [7, 11) is 5.75. The summed E-state index contributed by atoms with van der Waals surface area (Å²) >= 11 is 0. The van der Waals surface area contributed by atoms with E-state index in [-0.39, 0.29) is 56.7 Å². The summed E-state index contributed by atoms with van der Waals surface area (Å²) in [5, 5.41) is 8.71. The molecule has 78 heavy (non-hydrogen) atoms. The summed E-state index contributed by atoms with van der Waals surface area (Å²) < 4.78 is 31.3. The maximum atomic E-state index is 12.5. The Morgan fingerprint density at radius 3 is 1.12 bits per heavy atom. The van der Waals surface area contributed by atoms with E-state index in [0.717, 1.165) is 73.6 Å². The van der Waals surface area contributed by atoms with E-state index in [1.54, 1.807) is 65.9 Å². The molecule has 2 fully saturated rings. The summed E-state index contributed by atoms with van der Waals surface area (Å²) in [5.41, 5.74) is 3.96. The maximum Gasteiger partial charge on any atom is 0.509 e. The average molecular weight is 1080 g/mol. The number of hydrogen-bond donors (Lipinski definition) is 3. The van der Waals surface area contributed by atoms with Crippen LogP contribution in [-0.4, -0.2) is 96.9 Å². The molecule has 0 spiro atoms. The molecule has 5 aromatic rings. The number of likely N-dealkylation sites (N-methyl/N-ethyl adjacent to an activating group) is 1. The van der Waals surface area contributed by atoms with Gasteiger partial charge in [-0.15, -0.1) is 0 Å². The Bertz CT molecular complexity index is 2410. The van der Waals surface area contributed by atoms with E-state index < -0.39 is 35.6 Å². The second-order valence-electron chi connectivity index (χ2n) is 21.0. The number of carbonyl (C=O) groups is 5. The zero-order chi connectivity index (χ0) is 56.8. The molecule has 1 aromatic heterocycles. The Labute approximate surface area is 461 Å². The van der Waals surface area contributed by atoms with Crippen molar-refractivity contribution in [3.05, 3.63) is 168 Å². The lowest BCUT2D eigenvalue weighted by Gasteiger charge is -2.37. The predicted octanol–water partition coefficient (Wildman–Crippen LogP) is 12.5. The van der Waals surface area contributed by atoms with Gasteiger partial charge in [-0.1, -0.05) is 147 Å². The smallest absolute Gasteiger partial charge is 0.445 e. The summed E-state index contributed by atoms with van der Waals surface area (Å²) in [4.78, 5) is 67.7. The van der Waals surface area contributed by atoms with Crippen LogP contribution in [0.4, 0.5) is 29.7 Å². The highest BCUT2D eigenvalue weighted by atomic mass is 16.7. The molecule has 2 saturated carbocycles. The van der Waals surface area contributed by atoms with Crippen molar-refractivity contribution in [3.63, 3.8) is 0 Å². The van der Waals surface area contributed by atoms with Gasteiger partial charge >= 0.3 is 30.5 Å². The lowest BCUT2D eigenvalue weighted by atomic mass is 9.89. The molecule has 4 unspecified atom stereocenters. The van der Waals surface area contributed by atoms with Crippen LogP contribution in [0.2, 0.25) is 0 Å². The molecule has 0 bridgehead atoms. The highest BCUT2D eigenvalue weighted by Crippen LogP contribution is 2.24. The van der Waals surface area contributed by atoms with Gasteiger partial charge in [0.2, 0.25) is 0 Å². The second-order valence-corrected chi connectivity index (χ2v) is 21.0. The number of benzene rings is 4. The van der Waals surface area contributed by atoms with Crippen LogP contribution in [0.25, 0.3) is 0 Å². The van der Waals surface area contributed by atoms with E-state index in [0.29, 0.717) is 0 Å². The molecule has 7 rings (SSSR count). The van der Waals surface area contributed by atoms with Crippen LogP contribution in [0, 0.1) is 0 Å². The Kier molecular flexibility index (Phi) is 26.8. The molecular weight excluding hydrogens is 993 g/mol. The standard InChI is InChI=1S/C23H28N2O4.C22H26N2O4.C9H18O3.C7H10N2/c1-25(23(27)29-17-19-12-6-3-7-13-19)21-15-9-8-14-20(21)24-22(26)28-16-18-10-4-2-5-11-18;25-21(27-15-17-9-3-1-4-10-17)23-19-13-7-8-14-20(19)24-22(26)28-16-18-11-5-2-6-12-18;1-8(2,3)11-7(10)12-9(4,5)6;1-9(2)7-3-5-8-6-4-7/h2-7,10-13,20-21H,8-9,14-17H2,1H3,(H,24,26);1-6,9-12,19-20H,7-8,13-16H2,(H,23,25)(H,24,26);1-6H3;3-6H,1-2H3. The van der Waals surface area contributed by atoms with Crippen molar-refractivity contribution in [3.8, 4) is 0 Å². The number of ether oxygens (including phenoxy) is 6. The average Bonchev–Trinajstić information content (AvgIpc) is 3.42. The third-order valence-electron chi connectivity index (χ3n) is 12.0. The van der Waals surface area contributed by atoms with Gasteiger partial charge in [0.15, 0.2) is 0 Å². The molecule has 0 aliphatic heterocycles. The quantitative estimate of drug-likeness (QED) is 0.0745. The monoisotopic (exact) mass is 1070 g/mol. The Hall–Kier alpha value is -7.82. The van der Waals surface area contributed by atoms with E-state index in [2.05, 4.69) is 20.9 Å². The minimum absolute atomic E-state index is 0.115. The zero-order valence-corrected chi connectivity index (χ0v) is 47.0. The van der Waals surface area contributed by atoms with Crippen LogP contribution in [-0.2, 0) is 54.8 Å². The minimum atomic E-state index is -0.616. The molecule has 422 valence electrons. The maximum absolute atomic E-state index is 12.5. The zero-order valence-electron chi connectivity index (χ0n) is 47.0. The summed E-state index contributed by atoms with van der Waals surface area (Å²) in [6, 6.07) is 41.5. The lowest BCUT2D eigenvalue weighted by molar-refractivity contribution is -0.0468. The number of nitrogens with zero attached hydrogens (tertiary/aromatic N) is 3. The van der Waals surface area contributed by atoms with Crippen molar-refractivity contribution in [2.75, 3.05) is 26.0 Å². The Morgan fingerprint density at radius 1 is 0.462 bits per heavy atom. The van der Waals surface area contributed by atoms with E-state index in [1.807, 2.05) is 152 Å². The Balaban J connectivity index is 0.000000248.